The van der Waals surface area contributed by atoms with Gasteiger partial charge in [-0.05, 0) is 23.9 Å². The first-order chi connectivity index (χ1) is 8.27. The van der Waals surface area contributed by atoms with E-state index in [1.54, 1.807) is 23.5 Å². The molecular formula is C12H12N2O2S. The molecule has 2 aromatic rings. The SMILES string of the molecule is O=C(NCCc1cccs1)c1cccc[n+]1[O-]. The lowest BCUT2D eigenvalue weighted by Crippen LogP contribution is -2.39. The first-order valence-corrected chi connectivity index (χ1v) is 6.14. The molecule has 1 amide bonds. The molecule has 0 aromatic carbocycles. The minimum Gasteiger partial charge on any atom is -0.618 e. The van der Waals surface area contributed by atoms with Crippen LogP contribution in [0.3, 0.4) is 0 Å². The predicted octanol–water partition coefficient (Wildman–Crippen LogP) is 1.35. The van der Waals surface area contributed by atoms with E-state index in [4.69, 9.17) is 0 Å². The van der Waals surface area contributed by atoms with Crippen molar-refractivity contribution in [2.45, 2.75) is 6.42 Å². The second kappa shape index (κ2) is 5.45. The van der Waals surface area contributed by atoms with Crippen LogP contribution in [0, 0.1) is 5.21 Å². The van der Waals surface area contributed by atoms with Crippen molar-refractivity contribution in [3.05, 3.63) is 57.7 Å². The molecule has 4 nitrogen and oxygen atoms in total. The van der Waals surface area contributed by atoms with Gasteiger partial charge in [-0.3, -0.25) is 4.79 Å². The highest BCUT2D eigenvalue weighted by Crippen LogP contribution is 2.08. The average molecular weight is 248 g/mol. The smallest absolute Gasteiger partial charge is 0.317 e. The molecule has 0 aliphatic rings. The van der Waals surface area contributed by atoms with E-state index in [1.807, 2.05) is 17.5 Å². The molecule has 0 saturated carbocycles. The van der Waals surface area contributed by atoms with Gasteiger partial charge < -0.3 is 10.5 Å². The Kier molecular flexibility index (Phi) is 3.72. The van der Waals surface area contributed by atoms with Gasteiger partial charge in [0, 0.05) is 23.6 Å². The van der Waals surface area contributed by atoms with E-state index in [0.717, 1.165) is 6.42 Å². The number of hydrogen-bond acceptors (Lipinski definition) is 3. The maximum atomic E-state index is 11.7. The van der Waals surface area contributed by atoms with Crippen LogP contribution in [0.5, 0.6) is 0 Å². The summed E-state index contributed by atoms with van der Waals surface area (Å²) in [6, 6.07) is 8.77. The van der Waals surface area contributed by atoms with Gasteiger partial charge in [0.05, 0.1) is 0 Å². The number of carbonyl (C=O) groups is 1. The first-order valence-electron chi connectivity index (χ1n) is 5.26. The fourth-order valence-electron chi connectivity index (χ4n) is 1.45. The number of rotatable bonds is 4. The quantitative estimate of drug-likeness (QED) is 0.656. The van der Waals surface area contributed by atoms with Gasteiger partial charge in [0.15, 0.2) is 6.20 Å². The van der Waals surface area contributed by atoms with Gasteiger partial charge in [-0.25, -0.2) is 0 Å². The van der Waals surface area contributed by atoms with Crippen LogP contribution < -0.4 is 10.0 Å². The molecule has 0 aliphatic heterocycles. The van der Waals surface area contributed by atoms with Crippen molar-refractivity contribution in [1.29, 1.82) is 0 Å². The summed E-state index contributed by atoms with van der Waals surface area (Å²) < 4.78 is 0.570. The molecule has 17 heavy (non-hydrogen) atoms. The number of aromatic nitrogens is 1. The van der Waals surface area contributed by atoms with Crippen molar-refractivity contribution in [2.75, 3.05) is 6.54 Å². The third kappa shape index (κ3) is 3.04. The molecule has 0 spiro atoms. The van der Waals surface area contributed by atoms with Crippen LogP contribution in [0.25, 0.3) is 0 Å². The van der Waals surface area contributed by atoms with E-state index >= 15 is 0 Å². The molecule has 2 heterocycles. The van der Waals surface area contributed by atoms with Crippen molar-refractivity contribution in [3.8, 4) is 0 Å². The number of nitrogens with zero attached hydrogens (tertiary/aromatic N) is 1. The molecule has 0 radical (unpaired) electrons. The monoisotopic (exact) mass is 248 g/mol. The standard InChI is InChI=1S/C12H12N2O2S/c15-12(11-5-1-2-8-14(11)16)13-7-6-10-4-3-9-17-10/h1-5,8-9H,6-7H2,(H,13,15). The van der Waals surface area contributed by atoms with Crippen LogP contribution in [-0.4, -0.2) is 12.5 Å². The Morgan fingerprint density at radius 3 is 2.94 bits per heavy atom. The topological polar surface area (TPSA) is 56.0 Å². The number of hydrogen-bond donors (Lipinski definition) is 1. The highest BCUT2D eigenvalue weighted by atomic mass is 32.1. The van der Waals surface area contributed by atoms with Crippen molar-refractivity contribution < 1.29 is 9.52 Å². The van der Waals surface area contributed by atoms with Crippen LogP contribution in [0.2, 0.25) is 0 Å². The Labute approximate surface area is 103 Å². The van der Waals surface area contributed by atoms with Gasteiger partial charge in [0.25, 0.3) is 5.69 Å². The van der Waals surface area contributed by atoms with E-state index in [2.05, 4.69) is 5.32 Å². The maximum Gasteiger partial charge on any atom is 0.317 e. The average Bonchev–Trinajstić information content (AvgIpc) is 2.82. The van der Waals surface area contributed by atoms with Crippen molar-refractivity contribution in [1.82, 2.24) is 5.32 Å². The third-order valence-electron chi connectivity index (χ3n) is 2.29. The Bertz CT molecular complexity index is 497. The molecule has 0 unspecified atom stereocenters. The first kappa shape index (κ1) is 11.6. The van der Waals surface area contributed by atoms with E-state index in [-0.39, 0.29) is 11.6 Å². The second-order valence-electron chi connectivity index (χ2n) is 3.50. The van der Waals surface area contributed by atoms with Crippen LogP contribution in [0.15, 0.2) is 41.9 Å². The molecule has 5 heteroatoms. The van der Waals surface area contributed by atoms with Gasteiger partial charge in [0.1, 0.15) is 0 Å². The molecular weight excluding hydrogens is 236 g/mol. The molecule has 2 aromatic heterocycles. The lowest BCUT2D eigenvalue weighted by molar-refractivity contribution is -0.607. The van der Waals surface area contributed by atoms with Crippen LogP contribution in [-0.2, 0) is 6.42 Å². The van der Waals surface area contributed by atoms with E-state index in [0.29, 0.717) is 11.3 Å². The van der Waals surface area contributed by atoms with Crippen molar-refractivity contribution in [3.63, 3.8) is 0 Å². The Hall–Kier alpha value is -1.88. The van der Waals surface area contributed by atoms with Gasteiger partial charge in [-0.2, -0.15) is 4.73 Å². The Morgan fingerprint density at radius 2 is 2.24 bits per heavy atom. The maximum absolute atomic E-state index is 11.7. The minimum atomic E-state index is -0.336. The molecule has 88 valence electrons. The summed E-state index contributed by atoms with van der Waals surface area (Å²) in [5, 5.41) is 16.0. The zero-order valence-corrected chi connectivity index (χ0v) is 9.94. The number of pyridine rings is 1. The van der Waals surface area contributed by atoms with E-state index in [9.17, 15) is 10.0 Å². The fraction of sp³-hybridized carbons (Fsp3) is 0.167. The number of nitrogens with one attached hydrogen (secondary N) is 1. The number of thiophene rings is 1. The summed E-state index contributed by atoms with van der Waals surface area (Å²) in [7, 11) is 0. The summed E-state index contributed by atoms with van der Waals surface area (Å²) in [5.74, 6) is -0.336. The minimum absolute atomic E-state index is 0.124. The molecule has 1 N–H and O–H groups in total. The molecule has 0 fully saturated rings. The van der Waals surface area contributed by atoms with Crippen molar-refractivity contribution in [2.24, 2.45) is 0 Å². The largest absolute Gasteiger partial charge is 0.618 e. The number of carbonyl (C=O) groups excluding carboxylic acids is 1. The van der Waals surface area contributed by atoms with Crippen LogP contribution in [0.4, 0.5) is 0 Å². The van der Waals surface area contributed by atoms with Gasteiger partial charge in [-0.15, -0.1) is 11.3 Å². The Morgan fingerprint density at radius 1 is 1.35 bits per heavy atom. The normalized spacial score (nSPS) is 10.1. The lowest BCUT2D eigenvalue weighted by Gasteiger charge is -2.04. The lowest BCUT2D eigenvalue weighted by atomic mass is 10.3. The molecule has 0 bridgehead atoms. The highest BCUT2D eigenvalue weighted by Gasteiger charge is 2.13. The summed E-state index contributed by atoms with van der Waals surface area (Å²) >= 11 is 1.66. The molecule has 0 saturated heterocycles. The number of amides is 1. The van der Waals surface area contributed by atoms with Gasteiger partial charge in [-0.1, -0.05) is 6.07 Å². The molecule has 0 atom stereocenters. The summed E-state index contributed by atoms with van der Waals surface area (Å²) in [6.07, 6.45) is 2.10. The third-order valence-corrected chi connectivity index (χ3v) is 3.23. The highest BCUT2D eigenvalue weighted by molar-refractivity contribution is 7.09. The zero-order valence-electron chi connectivity index (χ0n) is 9.13. The molecule has 0 aliphatic carbocycles. The zero-order chi connectivity index (χ0) is 12.1. The second-order valence-corrected chi connectivity index (χ2v) is 4.53. The fourth-order valence-corrected chi connectivity index (χ4v) is 2.16. The Balaban J connectivity index is 1.88. The van der Waals surface area contributed by atoms with Crippen LogP contribution >= 0.6 is 11.3 Å². The van der Waals surface area contributed by atoms with Crippen LogP contribution in [0.1, 0.15) is 15.4 Å². The predicted molar refractivity (Wildman–Crippen MR) is 65.8 cm³/mol. The molecule has 2 rings (SSSR count). The van der Waals surface area contributed by atoms with E-state index in [1.165, 1.54) is 17.1 Å². The summed E-state index contributed by atoms with van der Waals surface area (Å²) in [6.45, 7) is 0.536. The van der Waals surface area contributed by atoms with Gasteiger partial charge >= 0.3 is 5.91 Å². The summed E-state index contributed by atoms with van der Waals surface area (Å²) in [5.41, 5.74) is 0.124. The van der Waals surface area contributed by atoms with E-state index < -0.39 is 0 Å². The summed E-state index contributed by atoms with van der Waals surface area (Å²) in [4.78, 5) is 12.9. The van der Waals surface area contributed by atoms with Crippen molar-refractivity contribution >= 4 is 17.2 Å². The van der Waals surface area contributed by atoms with Gasteiger partial charge in [0.2, 0.25) is 0 Å².